The summed E-state index contributed by atoms with van der Waals surface area (Å²) < 4.78 is 30.6. The molecular weight excluding hydrogens is 449 g/mol. The summed E-state index contributed by atoms with van der Waals surface area (Å²) in [5, 5.41) is 12.1. The zero-order valence-electron chi connectivity index (χ0n) is 19.8. The van der Waals surface area contributed by atoms with E-state index >= 15 is 0 Å². The summed E-state index contributed by atoms with van der Waals surface area (Å²) in [7, 11) is 3.80. The number of methoxy groups -OCH3 is 1. The highest BCUT2D eigenvalue weighted by Gasteiger charge is 2.40. The molecule has 182 valence electrons. The highest BCUT2D eigenvalue weighted by Crippen LogP contribution is 2.36. The van der Waals surface area contributed by atoms with Crippen molar-refractivity contribution in [3.63, 3.8) is 0 Å². The minimum absolute atomic E-state index is 0.150. The van der Waals surface area contributed by atoms with Crippen molar-refractivity contribution >= 4 is 16.6 Å². The molecule has 6 rings (SSSR count). The first-order valence-electron chi connectivity index (χ1n) is 12.0. The largest absolute Gasteiger partial charge is 0.488 e. The highest BCUT2D eigenvalue weighted by molar-refractivity contribution is 5.93. The Labute approximate surface area is 202 Å². The molecule has 1 N–H and O–H groups in total. The molecule has 1 unspecified atom stereocenters. The Morgan fingerprint density at radius 1 is 1.09 bits per heavy atom. The number of nitrogens with one attached hydrogen (secondary N) is 1. The van der Waals surface area contributed by atoms with Crippen LogP contribution in [0.1, 0.15) is 12.8 Å². The second-order valence-corrected chi connectivity index (χ2v) is 9.25. The lowest BCUT2D eigenvalue weighted by atomic mass is 10.1. The van der Waals surface area contributed by atoms with Gasteiger partial charge in [-0.25, -0.2) is 4.39 Å². The van der Waals surface area contributed by atoms with Crippen LogP contribution < -0.4 is 9.64 Å². The molecule has 0 spiro atoms. The molecule has 2 fully saturated rings. The molecule has 0 bridgehead atoms. The molecule has 9 heteroatoms. The number of hydrogen-bond acceptors (Lipinski definition) is 7. The van der Waals surface area contributed by atoms with Crippen LogP contribution in [-0.4, -0.2) is 72.8 Å². The van der Waals surface area contributed by atoms with Crippen LogP contribution in [0.15, 0.2) is 47.0 Å². The van der Waals surface area contributed by atoms with Crippen molar-refractivity contribution < 1.29 is 18.4 Å². The van der Waals surface area contributed by atoms with Gasteiger partial charge >= 0.3 is 0 Å². The van der Waals surface area contributed by atoms with Gasteiger partial charge in [0.15, 0.2) is 17.3 Å². The van der Waals surface area contributed by atoms with E-state index in [1.807, 2.05) is 6.07 Å². The lowest BCUT2D eigenvalue weighted by molar-refractivity contribution is 0.144. The number of nitrogens with zero attached hydrogens (tertiary/aromatic N) is 4. The standard InChI is InChI=1S/C26H28FN5O3/c1-31-9-7-23-22(31)8-10-32(23)17-5-3-16(4-6-17)20-14-25(35-30-20)26-18-13-19(27)24(34-12-11-33-2)15-21(18)28-29-26/h3-6,13-15,22-23H,7-12H2,1-2H3,(H,28,29)/t22?,23-/m0/s1. The molecule has 0 aliphatic carbocycles. The molecule has 0 radical (unpaired) electrons. The van der Waals surface area contributed by atoms with Crippen LogP contribution in [-0.2, 0) is 4.74 Å². The van der Waals surface area contributed by atoms with E-state index in [-0.39, 0.29) is 12.4 Å². The predicted molar refractivity (Wildman–Crippen MR) is 131 cm³/mol. The Morgan fingerprint density at radius 2 is 1.91 bits per heavy atom. The highest BCUT2D eigenvalue weighted by atomic mass is 19.1. The van der Waals surface area contributed by atoms with Crippen LogP contribution in [0.4, 0.5) is 10.1 Å². The van der Waals surface area contributed by atoms with Gasteiger partial charge in [0.1, 0.15) is 18.0 Å². The average Bonchev–Trinajstić information content (AvgIpc) is 3.65. The number of ether oxygens (including phenoxy) is 2. The van der Waals surface area contributed by atoms with Gasteiger partial charge in [-0.05, 0) is 38.1 Å². The molecule has 2 saturated heterocycles. The van der Waals surface area contributed by atoms with E-state index in [9.17, 15) is 4.39 Å². The van der Waals surface area contributed by atoms with Crippen molar-refractivity contribution in [3.8, 4) is 28.5 Å². The summed E-state index contributed by atoms with van der Waals surface area (Å²) in [6.07, 6.45) is 2.43. The van der Waals surface area contributed by atoms with E-state index in [4.69, 9.17) is 14.0 Å². The number of aromatic nitrogens is 3. The Balaban J connectivity index is 1.22. The lowest BCUT2D eigenvalue weighted by Gasteiger charge is -2.26. The summed E-state index contributed by atoms with van der Waals surface area (Å²) >= 11 is 0. The number of likely N-dealkylation sites (N-methyl/N-ethyl adjacent to an activating group) is 1. The number of benzene rings is 2. The quantitative estimate of drug-likeness (QED) is 0.397. The van der Waals surface area contributed by atoms with Gasteiger partial charge in [0.2, 0.25) is 0 Å². The summed E-state index contributed by atoms with van der Waals surface area (Å²) in [5.74, 6) is 0.153. The van der Waals surface area contributed by atoms with Crippen molar-refractivity contribution in [2.75, 3.05) is 45.4 Å². The summed E-state index contributed by atoms with van der Waals surface area (Å²) in [6, 6.07) is 14.6. The van der Waals surface area contributed by atoms with Gasteiger partial charge in [-0.15, -0.1) is 0 Å². The van der Waals surface area contributed by atoms with Crippen LogP contribution in [0.3, 0.4) is 0 Å². The van der Waals surface area contributed by atoms with E-state index in [1.54, 1.807) is 13.2 Å². The maximum absolute atomic E-state index is 14.6. The van der Waals surface area contributed by atoms with Crippen LogP contribution >= 0.6 is 0 Å². The first kappa shape index (κ1) is 22.1. The third-order valence-electron chi connectivity index (χ3n) is 7.25. The SMILES string of the molecule is COCCOc1cc2[nH]nc(-c3cc(-c4ccc(N5CCC6[C@@H]5CCN6C)cc4)no3)c2cc1F. The second kappa shape index (κ2) is 8.98. The number of likely N-dealkylation sites (tertiary alicyclic amines) is 1. The third-order valence-corrected chi connectivity index (χ3v) is 7.25. The van der Waals surface area contributed by atoms with Gasteiger partial charge in [0, 0.05) is 61.1 Å². The molecular formula is C26H28FN5O3. The lowest BCUT2D eigenvalue weighted by Crippen LogP contribution is -2.34. The Kier molecular flexibility index (Phi) is 5.66. The molecule has 2 aromatic heterocycles. The molecule has 35 heavy (non-hydrogen) atoms. The smallest absolute Gasteiger partial charge is 0.188 e. The zero-order valence-corrected chi connectivity index (χ0v) is 19.8. The van der Waals surface area contributed by atoms with Gasteiger partial charge in [-0.3, -0.25) is 5.10 Å². The van der Waals surface area contributed by atoms with Crippen LogP contribution in [0.25, 0.3) is 33.6 Å². The molecule has 2 aliphatic rings. The van der Waals surface area contributed by atoms with Gasteiger partial charge in [-0.1, -0.05) is 17.3 Å². The normalized spacial score (nSPS) is 20.1. The van der Waals surface area contributed by atoms with Crippen molar-refractivity contribution in [1.82, 2.24) is 20.3 Å². The fourth-order valence-electron chi connectivity index (χ4n) is 5.42. The van der Waals surface area contributed by atoms with E-state index in [0.717, 1.165) is 12.1 Å². The van der Waals surface area contributed by atoms with E-state index in [1.165, 1.54) is 31.1 Å². The number of anilines is 1. The fraction of sp³-hybridized carbons (Fsp3) is 0.385. The number of aromatic amines is 1. The minimum atomic E-state index is -0.468. The number of fused-ring (bicyclic) bond motifs is 2. The maximum Gasteiger partial charge on any atom is 0.188 e. The van der Waals surface area contributed by atoms with E-state index < -0.39 is 5.82 Å². The maximum atomic E-state index is 14.6. The minimum Gasteiger partial charge on any atom is -0.488 e. The van der Waals surface area contributed by atoms with E-state index in [0.29, 0.717) is 46.7 Å². The first-order chi connectivity index (χ1) is 17.1. The summed E-state index contributed by atoms with van der Waals surface area (Å²) in [5.41, 5.74) is 4.08. The number of halogens is 1. The first-order valence-corrected chi connectivity index (χ1v) is 12.0. The van der Waals surface area contributed by atoms with E-state index in [2.05, 4.69) is 56.5 Å². The fourth-order valence-corrected chi connectivity index (χ4v) is 5.42. The number of hydrogen-bond donors (Lipinski definition) is 1. The molecule has 4 aromatic rings. The van der Waals surface area contributed by atoms with Crippen LogP contribution in [0.5, 0.6) is 5.75 Å². The van der Waals surface area contributed by atoms with Gasteiger partial charge in [0.25, 0.3) is 0 Å². The molecule has 8 nitrogen and oxygen atoms in total. The molecule has 2 atom stereocenters. The average molecular weight is 478 g/mol. The molecule has 2 aliphatic heterocycles. The Morgan fingerprint density at radius 3 is 2.74 bits per heavy atom. The molecule has 0 saturated carbocycles. The summed E-state index contributed by atoms with van der Waals surface area (Å²) in [6.45, 7) is 2.90. The zero-order chi connectivity index (χ0) is 23.9. The van der Waals surface area contributed by atoms with Gasteiger partial charge < -0.3 is 23.8 Å². The Bertz CT molecular complexity index is 1330. The topological polar surface area (TPSA) is 79.7 Å². The number of rotatable bonds is 7. The monoisotopic (exact) mass is 477 g/mol. The van der Waals surface area contributed by atoms with Crippen molar-refractivity contribution in [2.24, 2.45) is 0 Å². The van der Waals surface area contributed by atoms with Crippen molar-refractivity contribution in [3.05, 3.63) is 48.3 Å². The second-order valence-electron chi connectivity index (χ2n) is 9.25. The Hall–Kier alpha value is -3.43. The number of H-pyrrole nitrogens is 1. The van der Waals surface area contributed by atoms with Crippen molar-refractivity contribution in [1.29, 1.82) is 0 Å². The summed E-state index contributed by atoms with van der Waals surface area (Å²) in [4.78, 5) is 5.01. The molecule has 0 amide bonds. The van der Waals surface area contributed by atoms with Gasteiger partial charge in [0.05, 0.1) is 12.1 Å². The predicted octanol–water partition coefficient (Wildman–Crippen LogP) is 4.33. The van der Waals surface area contributed by atoms with Crippen molar-refractivity contribution in [2.45, 2.75) is 24.9 Å². The van der Waals surface area contributed by atoms with Gasteiger partial charge in [-0.2, -0.15) is 5.10 Å². The van der Waals surface area contributed by atoms with Crippen LogP contribution in [0, 0.1) is 5.82 Å². The third kappa shape index (κ3) is 3.94. The molecule has 4 heterocycles. The molecule has 2 aromatic carbocycles. The van der Waals surface area contributed by atoms with Crippen LogP contribution in [0.2, 0.25) is 0 Å².